The highest BCUT2D eigenvalue weighted by atomic mass is 16.6. The topological polar surface area (TPSA) is 134 Å². The molecule has 0 bridgehead atoms. The largest absolute Gasteiger partial charge is 0.467 e. The third-order valence-electron chi connectivity index (χ3n) is 4.54. The molecule has 10 heteroatoms. The van der Waals surface area contributed by atoms with Gasteiger partial charge in [-0.15, -0.1) is 0 Å². The number of hydrogen-bond acceptors (Lipinski definition) is 6. The summed E-state index contributed by atoms with van der Waals surface area (Å²) < 4.78 is 10.0. The molecule has 2 aliphatic heterocycles. The molecule has 2 heterocycles. The van der Waals surface area contributed by atoms with Crippen LogP contribution in [-0.4, -0.2) is 59.7 Å². The third-order valence-corrected chi connectivity index (χ3v) is 4.54. The molecule has 26 heavy (non-hydrogen) atoms. The molecule has 0 saturated carbocycles. The summed E-state index contributed by atoms with van der Waals surface area (Å²) in [4.78, 5) is 41.5. The maximum Gasteiger partial charge on any atom is 0.408 e. The molecule has 2 aliphatic rings. The minimum atomic E-state index is -0.850. The number of methoxy groups -OCH3 is 1. The number of esters is 1. The Balaban J connectivity index is 2.25. The highest BCUT2D eigenvalue weighted by Crippen LogP contribution is 2.34. The normalized spacial score (nSPS) is 28.5. The van der Waals surface area contributed by atoms with Crippen molar-refractivity contribution in [1.29, 1.82) is 0 Å². The van der Waals surface area contributed by atoms with Crippen LogP contribution < -0.4 is 5.32 Å². The smallest absolute Gasteiger partial charge is 0.408 e. The van der Waals surface area contributed by atoms with Crippen molar-refractivity contribution in [1.82, 2.24) is 10.2 Å². The van der Waals surface area contributed by atoms with E-state index in [0.717, 1.165) is 0 Å². The lowest BCUT2D eigenvalue weighted by molar-refractivity contribution is -0.152. The van der Waals surface area contributed by atoms with Gasteiger partial charge in [-0.25, -0.2) is 9.59 Å². The van der Waals surface area contributed by atoms with Gasteiger partial charge < -0.3 is 19.7 Å². The number of ether oxygens (including phenoxy) is 2. The van der Waals surface area contributed by atoms with Crippen molar-refractivity contribution in [2.75, 3.05) is 7.11 Å². The number of carbonyl (C=O) groups is 3. The van der Waals surface area contributed by atoms with E-state index in [1.165, 1.54) is 12.0 Å². The van der Waals surface area contributed by atoms with Crippen LogP contribution in [0.3, 0.4) is 0 Å². The average molecular weight is 367 g/mol. The zero-order chi connectivity index (χ0) is 19.5. The van der Waals surface area contributed by atoms with E-state index >= 15 is 0 Å². The van der Waals surface area contributed by atoms with Crippen molar-refractivity contribution >= 4 is 18.0 Å². The predicted octanol–water partition coefficient (Wildman–Crippen LogP) is 1.88. The molecule has 2 rings (SSSR count). The molecule has 2 amide bonds. The van der Waals surface area contributed by atoms with Gasteiger partial charge in [0.15, 0.2) is 0 Å². The average Bonchev–Trinajstić information content (AvgIpc) is 2.94. The molecule has 10 nitrogen and oxygen atoms in total. The lowest BCUT2D eigenvalue weighted by atomic mass is 10.0. The van der Waals surface area contributed by atoms with Crippen molar-refractivity contribution in [3.63, 3.8) is 0 Å². The van der Waals surface area contributed by atoms with Crippen LogP contribution in [0, 0.1) is 0 Å². The van der Waals surface area contributed by atoms with Crippen LogP contribution in [0.15, 0.2) is 5.11 Å². The molecule has 0 aromatic carbocycles. The second kappa shape index (κ2) is 7.82. The van der Waals surface area contributed by atoms with Gasteiger partial charge in [0.1, 0.15) is 17.7 Å². The maximum atomic E-state index is 13.0. The highest BCUT2D eigenvalue weighted by Gasteiger charge is 2.48. The Morgan fingerprint density at radius 3 is 2.54 bits per heavy atom. The zero-order valence-electron chi connectivity index (χ0n) is 15.5. The standard InChI is InChI=1S/C16H25N5O5/c1-16(2,3)26-15(24)18-10-6-5-9(19-20-17)11-7-8-12(14(23)25-4)21(11)13(10)22/h9-12H,5-8H2,1-4H3,(H,18,24)/t9-,10+,11+,12+/m1/s1. The van der Waals surface area contributed by atoms with Crippen molar-refractivity contribution in [2.45, 2.75) is 76.2 Å². The number of nitrogens with zero attached hydrogens (tertiary/aromatic N) is 4. The summed E-state index contributed by atoms with van der Waals surface area (Å²) >= 11 is 0. The van der Waals surface area contributed by atoms with Gasteiger partial charge in [0.25, 0.3) is 0 Å². The fourth-order valence-electron chi connectivity index (χ4n) is 3.52. The van der Waals surface area contributed by atoms with E-state index in [4.69, 9.17) is 15.0 Å². The highest BCUT2D eigenvalue weighted by molar-refractivity contribution is 5.90. The van der Waals surface area contributed by atoms with Gasteiger partial charge in [-0.1, -0.05) is 5.11 Å². The number of nitrogens with one attached hydrogen (secondary N) is 1. The fourth-order valence-corrected chi connectivity index (χ4v) is 3.52. The molecular formula is C16H25N5O5. The third kappa shape index (κ3) is 4.37. The molecule has 2 saturated heterocycles. The summed E-state index contributed by atoms with van der Waals surface area (Å²) in [7, 11) is 1.26. The summed E-state index contributed by atoms with van der Waals surface area (Å²) in [6.07, 6.45) is 0.977. The number of rotatable bonds is 3. The fraction of sp³-hybridized carbons (Fsp3) is 0.812. The lowest BCUT2D eigenvalue weighted by Gasteiger charge is -2.31. The van der Waals surface area contributed by atoms with Gasteiger partial charge in [-0.05, 0) is 52.0 Å². The van der Waals surface area contributed by atoms with Gasteiger partial charge in [-0.2, -0.15) is 0 Å². The first-order chi connectivity index (χ1) is 12.2. The van der Waals surface area contributed by atoms with E-state index in [9.17, 15) is 14.4 Å². The van der Waals surface area contributed by atoms with Crippen molar-refractivity contribution in [3.05, 3.63) is 10.4 Å². The van der Waals surface area contributed by atoms with Crippen LogP contribution in [0.2, 0.25) is 0 Å². The molecule has 4 atom stereocenters. The molecule has 0 unspecified atom stereocenters. The number of alkyl carbamates (subject to hydrolysis) is 1. The van der Waals surface area contributed by atoms with Gasteiger partial charge in [0.2, 0.25) is 5.91 Å². The van der Waals surface area contributed by atoms with Crippen molar-refractivity contribution < 1.29 is 23.9 Å². The van der Waals surface area contributed by atoms with Crippen LogP contribution in [0.1, 0.15) is 46.5 Å². The number of carbonyl (C=O) groups excluding carboxylic acids is 3. The summed E-state index contributed by atoms with van der Waals surface area (Å²) in [6.45, 7) is 5.18. The molecule has 0 aliphatic carbocycles. The first-order valence-corrected chi connectivity index (χ1v) is 8.61. The minimum Gasteiger partial charge on any atom is -0.467 e. The lowest BCUT2D eigenvalue weighted by Crippen LogP contribution is -2.54. The van der Waals surface area contributed by atoms with Crippen LogP contribution in [0.5, 0.6) is 0 Å². The molecular weight excluding hydrogens is 342 g/mol. The molecule has 0 radical (unpaired) electrons. The van der Waals surface area contributed by atoms with Crippen LogP contribution in [-0.2, 0) is 19.1 Å². The maximum absolute atomic E-state index is 13.0. The van der Waals surface area contributed by atoms with Crippen molar-refractivity contribution in [3.8, 4) is 0 Å². The number of hydrogen-bond donors (Lipinski definition) is 1. The molecule has 144 valence electrons. The Bertz CT molecular complexity index is 625. The molecule has 0 aromatic rings. The SMILES string of the molecule is COC(=O)[C@@H]1CC[C@H]2[C@H](N=[N+]=[N-])CC[C@H](NC(=O)OC(C)(C)C)C(=O)N12. The minimum absolute atomic E-state index is 0.294. The summed E-state index contributed by atoms with van der Waals surface area (Å²) in [5, 5.41) is 6.38. The number of amides is 2. The first kappa shape index (κ1) is 19.8. The van der Waals surface area contributed by atoms with Gasteiger partial charge in [-0.3, -0.25) is 4.79 Å². The van der Waals surface area contributed by atoms with E-state index in [1.54, 1.807) is 20.8 Å². The summed E-state index contributed by atoms with van der Waals surface area (Å²) in [6, 6.07) is -2.43. The second-order valence-corrected chi connectivity index (χ2v) is 7.48. The molecule has 2 fully saturated rings. The Morgan fingerprint density at radius 2 is 1.96 bits per heavy atom. The second-order valence-electron chi connectivity index (χ2n) is 7.48. The monoisotopic (exact) mass is 367 g/mol. The molecule has 1 N–H and O–H groups in total. The zero-order valence-corrected chi connectivity index (χ0v) is 15.5. The Hall–Kier alpha value is -2.48. The van der Waals surface area contributed by atoms with E-state index in [-0.39, 0.29) is 11.9 Å². The summed E-state index contributed by atoms with van der Waals surface area (Å²) in [5.74, 6) is -0.900. The molecule has 0 spiro atoms. The van der Waals surface area contributed by atoms with E-state index in [2.05, 4.69) is 15.3 Å². The van der Waals surface area contributed by atoms with E-state index in [1.807, 2.05) is 0 Å². The first-order valence-electron chi connectivity index (χ1n) is 8.61. The molecule has 0 aromatic heterocycles. The Labute approximate surface area is 151 Å². The van der Waals surface area contributed by atoms with Crippen LogP contribution in [0.25, 0.3) is 10.4 Å². The van der Waals surface area contributed by atoms with Crippen molar-refractivity contribution in [2.24, 2.45) is 5.11 Å². The van der Waals surface area contributed by atoms with Gasteiger partial charge >= 0.3 is 12.1 Å². The summed E-state index contributed by atoms with van der Waals surface area (Å²) in [5.41, 5.74) is 8.13. The predicted molar refractivity (Wildman–Crippen MR) is 91.0 cm³/mol. The van der Waals surface area contributed by atoms with Crippen LogP contribution >= 0.6 is 0 Å². The number of fused-ring (bicyclic) bond motifs is 1. The van der Waals surface area contributed by atoms with Crippen LogP contribution in [0.4, 0.5) is 4.79 Å². The quantitative estimate of drug-likeness (QED) is 0.352. The Morgan fingerprint density at radius 1 is 1.27 bits per heavy atom. The van der Waals surface area contributed by atoms with Gasteiger partial charge in [0.05, 0.1) is 13.2 Å². The van der Waals surface area contributed by atoms with Gasteiger partial charge in [0, 0.05) is 11.0 Å². The number of azide groups is 1. The Kier molecular flexibility index (Phi) is 5.97. The van der Waals surface area contributed by atoms with E-state index < -0.39 is 35.8 Å². The van der Waals surface area contributed by atoms with E-state index in [0.29, 0.717) is 25.7 Å².